The predicted octanol–water partition coefficient (Wildman–Crippen LogP) is 9.89. The molecule has 1 aliphatic rings. The molecule has 190 valence electrons. The molecule has 0 saturated heterocycles. The van der Waals surface area contributed by atoms with E-state index < -0.39 is 23.3 Å². The van der Waals surface area contributed by atoms with Gasteiger partial charge < -0.3 is 0 Å². The summed E-state index contributed by atoms with van der Waals surface area (Å²) in [6.45, 7) is 4.09. The number of rotatable bonds is 8. The molecule has 0 bridgehead atoms. The number of allylic oxidation sites excluding steroid dienone is 2. The first-order valence-corrected chi connectivity index (χ1v) is 13.0. The second-order valence-corrected chi connectivity index (χ2v) is 10.2. The Hall–Kier alpha value is -2.88. The van der Waals surface area contributed by atoms with Crippen LogP contribution in [0.3, 0.4) is 0 Å². The first-order valence-electron chi connectivity index (χ1n) is 13.0. The number of benzene rings is 3. The van der Waals surface area contributed by atoms with Crippen LogP contribution in [-0.4, -0.2) is 0 Å². The zero-order chi connectivity index (χ0) is 25.7. The Morgan fingerprint density at radius 1 is 0.833 bits per heavy atom. The fraction of sp³-hybridized carbons (Fsp3) is 0.375. The lowest BCUT2D eigenvalue weighted by Gasteiger charge is -2.30. The highest BCUT2D eigenvalue weighted by molar-refractivity contribution is 5.66. The molecule has 0 spiro atoms. The Morgan fingerprint density at radius 3 is 2.03 bits per heavy atom. The monoisotopic (exact) mass is 494 g/mol. The second kappa shape index (κ2) is 11.9. The number of hydrogen-bond acceptors (Lipinski definition) is 0. The molecule has 3 aromatic rings. The lowest BCUT2D eigenvalue weighted by molar-refractivity contribution is 0.296. The summed E-state index contributed by atoms with van der Waals surface area (Å²) in [5.74, 6) is -1.93. The third-order valence-electron chi connectivity index (χ3n) is 7.66. The van der Waals surface area contributed by atoms with Crippen LogP contribution in [0.25, 0.3) is 11.1 Å². The smallest absolute Gasteiger partial charge is 0.134 e. The lowest BCUT2D eigenvalue weighted by Crippen LogP contribution is -2.15. The van der Waals surface area contributed by atoms with Gasteiger partial charge in [-0.2, -0.15) is 0 Å². The van der Waals surface area contributed by atoms with Gasteiger partial charge in [0, 0.05) is 5.56 Å². The van der Waals surface area contributed by atoms with Crippen molar-refractivity contribution in [1.82, 2.24) is 0 Å². The average molecular weight is 495 g/mol. The molecule has 0 amide bonds. The summed E-state index contributed by atoms with van der Waals surface area (Å²) in [7, 11) is 0. The van der Waals surface area contributed by atoms with Crippen LogP contribution >= 0.6 is 0 Å². The minimum atomic E-state index is -0.777. The normalized spacial score (nSPS) is 19.1. The van der Waals surface area contributed by atoms with Gasteiger partial charge >= 0.3 is 0 Å². The van der Waals surface area contributed by atoms with Crippen molar-refractivity contribution in [1.29, 1.82) is 0 Å². The lowest BCUT2D eigenvalue weighted by atomic mass is 9.75. The molecule has 1 aliphatic carbocycles. The third kappa shape index (κ3) is 6.08. The highest BCUT2D eigenvalue weighted by Crippen LogP contribution is 2.41. The van der Waals surface area contributed by atoms with Crippen LogP contribution < -0.4 is 0 Å². The summed E-state index contributed by atoms with van der Waals surface area (Å²) >= 11 is 0. The molecule has 0 unspecified atom stereocenters. The predicted molar refractivity (Wildman–Crippen MR) is 139 cm³/mol. The summed E-state index contributed by atoms with van der Waals surface area (Å²) in [6.07, 6.45) is 9.25. The summed E-state index contributed by atoms with van der Waals surface area (Å²) in [6, 6.07) is 15.3. The maximum absolute atomic E-state index is 15.1. The standard InChI is InChI=1S/C32H34F4/c1-3-4-6-11-27-28(33)19-26(20-29(27)34)32-30(35)17-25(18-31(32)36)24-14-12-22(13-15-24)16-21(2)23-9-7-5-8-10-23/h3-5,7-10,17-22,24H,6,11-16H2,1-2H3/t21-,22?,24?/m0/s1. The van der Waals surface area contributed by atoms with Crippen molar-refractivity contribution in [2.75, 3.05) is 0 Å². The van der Waals surface area contributed by atoms with Crippen molar-refractivity contribution < 1.29 is 17.6 Å². The van der Waals surface area contributed by atoms with E-state index in [-0.39, 0.29) is 29.0 Å². The first-order chi connectivity index (χ1) is 17.4. The Bertz CT molecular complexity index is 1140. The van der Waals surface area contributed by atoms with Crippen LogP contribution in [0.15, 0.2) is 66.7 Å². The molecule has 36 heavy (non-hydrogen) atoms. The molecule has 4 heteroatoms. The van der Waals surface area contributed by atoms with Gasteiger partial charge in [0.1, 0.15) is 23.3 Å². The van der Waals surface area contributed by atoms with Gasteiger partial charge in [0.2, 0.25) is 0 Å². The maximum Gasteiger partial charge on any atom is 0.134 e. The van der Waals surface area contributed by atoms with E-state index in [1.807, 2.05) is 25.1 Å². The summed E-state index contributed by atoms with van der Waals surface area (Å²) < 4.78 is 59.4. The molecule has 0 aliphatic heterocycles. The van der Waals surface area contributed by atoms with E-state index in [0.717, 1.165) is 44.2 Å². The average Bonchev–Trinajstić information content (AvgIpc) is 2.86. The fourth-order valence-electron chi connectivity index (χ4n) is 5.63. The van der Waals surface area contributed by atoms with E-state index in [0.29, 0.717) is 23.8 Å². The molecule has 3 aromatic carbocycles. The SMILES string of the molecule is CC=CCCc1c(F)cc(-c2c(F)cc(C3CCC(C[C@H](C)c4ccccc4)CC3)cc2F)cc1F. The quantitative estimate of drug-likeness (QED) is 0.216. The number of halogens is 4. The largest absolute Gasteiger partial charge is 0.207 e. The van der Waals surface area contributed by atoms with E-state index in [1.54, 1.807) is 0 Å². The maximum atomic E-state index is 15.1. The Labute approximate surface area is 212 Å². The van der Waals surface area contributed by atoms with Crippen molar-refractivity contribution in [3.63, 3.8) is 0 Å². The van der Waals surface area contributed by atoms with Gasteiger partial charge in [0.15, 0.2) is 0 Å². The summed E-state index contributed by atoms with van der Waals surface area (Å²) in [4.78, 5) is 0. The van der Waals surface area contributed by atoms with Gasteiger partial charge in [-0.1, -0.05) is 49.4 Å². The van der Waals surface area contributed by atoms with Gasteiger partial charge in [-0.25, -0.2) is 17.6 Å². The van der Waals surface area contributed by atoms with Gasteiger partial charge in [-0.15, -0.1) is 0 Å². The van der Waals surface area contributed by atoms with Crippen LogP contribution in [-0.2, 0) is 6.42 Å². The van der Waals surface area contributed by atoms with Gasteiger partial charge in [-0.05, 0) is 111 Å². The zero-order valence-electron chi connectivity index (χ0n) is 21.0. The molecule has 0 heterocycles. The van der Waals surface area contributed by atoms with Crippen molar-refractivity contribution in [2.24, 2.45) is 5.92 Å². The molecule has 4 rings (SSSR count). The molecule has 1 atom stereocenters. The molecule has 0 aromatic heterocycles. The Morgan fingerprint density at radius 2 is 1.44 bits per heavy atom. The highest BCUT2D eigenvalue weighted by Gasteiger charge is 2.26. The number of hydrogen-bond donors (Lipinski definition) is 0. The van der Waals surface area contributed by atoms with Crippen LogP contribution in [0.2, 0.25) is 0 Å². The third-order valence-corrected chi connectivity index (χ3v) is 7.66. The van der Waals surface area contributed by atoms with Crippen LogP contribution in [0.4, 0.5) is 17.6 Å². The van der Waals surface area contributed by atoms with Crippen molar-refractivity contribution in [3.8, 4) is 11.1 Å². The van der Waals surface area contributed by atoms with Gasteiger partial charge in [0.25, 0.3) is 0 Å². The minimum Gasteiger partial charge on any atom is -0.207 e. The molecule has 0 nitrogen and oxygen atoms in total. The van der Waals surface area contributed by atoms with Crippen LogP contribution in [0.5, 0.6) is 0 Å². The van der Waals surface area contributed by atoms with E-state index in [4.69, 9.17) is 0 Å². The molecule has 1 fully saturated rings. The molecule has 0 N–H and O–H groups in total. The Balaban J connectivity index is 1.45. The van der Waals surface area contributed by atoms with Crippen molar-refractivity contribution in [2.45, 2.75) is 70.6 Å². The molecular formula is C32H34F4. The summed E-state index contributed by atoms with van der Waals surface area (Å²) in [5, 5.41) is 0. The molecular weight excluding hydrogens is 460 g/mol. The van der Waals surface area contributed by atoms with Gasteiger partial charge in [-0.3, -0.25) is 0 Å². The topological polar surface area (TPSA) is 0 Å². The second-order valence-electron chi connectivity index (χ2n) is 10.2. The van der Waals surface area contributed by atoms with Crippen LogP contribution in [0.1, 0.15) is 80.9 Å². The van der Waals surface area contributed by atoms with E-state index in [2.05, 4.69) is 31.2 Å². The fourth-order valence-corrected chi connectivity index (χ4v) is 5.63. The first kappa shape index (κ1) is 26.2. The van der Waals surface area contributed by atoms with E-state index in [1.165, 1.54) is 17.7 Å². The van der Waals surface area contributed by atoms with E-state index >= 15 is 8.78 Å². The Kier molecular flexibility index (Phi) is 8.66. The van der Waals surface area contributed by atoms with Crippen molar-refractivity contribution in [3.05, 3.63) is 107 Å². The van der Waals surface area contributed by atoms with Gasteiger partial charge in [0.05, 0.1) is 5.56 Å². The minimum absolute atomic E-state index is 0.0624. The highest BCUT2D eigenvalue weighted by atomic mass is 19.1. The molecule has 0 radical (unpaired) electrons. The molecule has 1 saturated carbocycles. The van der Waals surface area contributed by atoms with E-state index in [9.17, 15) is 8.78 Å². The van der Waals surface area contributed by atoms with Crippen LogP contribution in [0, 0.1) is 29.2 Å². The zero-order valence-corrected chi connectivity index (χ0v) is 21.0. The van der Waals surface area contributed by atoms with Crippen molar-refractivity contribution >= 4 is 0 Å². The summed E-state index contributed by atoms with van der Waals surface area (Å²) in [5.41, 5.74) is 1.43.